The van der Waals surface area contributed by atoms with Crippen molar-refractivity contribution in [2.75, 3.05) is 0 Å². The van der Waals surface area contributed by atoms with Crippen molar-refractivity contribution in [2.45, 2.75) is 91.6 Å². The molecule has 9 aliphatic carbocycles. The van der Waals surface area contributed by atoms with Crippen molar-refractivity contribution in [3.05, 3.63) is 0 Å². The van der Waals surface area contributed by atoms with Crippen molar-refractivity contribution in [1.29, 1.82) is 0 Å². The molecule has 9 fully saturated rings. The van der Waals surface area contributed by atoms with Crippen molar-refractivity contribution >= 4 is 5.97 Å². The smallest absolute Gasteiger partial charge is 0.312 e. The fourth-order valence-corrected chi connectivity index (χ4v) is 10.5. The summed E-state index contributed by atoms with van der Waals surface area (Å²) in [6.07, 6.45) is 11.1. The van der Waals surface area contributed by atoms with E-state index >= 15 is 0 Å². The Morgan fingerprint density at radius 1 is 1.00 bits per heavy atom. The number of esters is 1. The van der Waals surface area contributed by atoms with E-state index in [1.807, 2.05) is 0 Å². The second-order valence-electron chi connectivity index (χ2n) is 12.5. The predicted octanol–water partition coefficient (Wildman–Crippen LogP) is 5.60. The molecule has 0 heterocycles. The predicted molar refractivity (Wildman–Crippen MR) is 101 cm³/mol. The van der Waals surface area contributed by atoms with E-state index in [2.05, 4.69) is 34.6 Å². The first-order valence-electron chi connectivity index (χ1n) is 11.4. The van der Waals surface area contributed by atoms with Gasteiger partial charge in [-0.15, -0.1) is 0 Å². The second kappa shape index (κ2) is 4.23. The van der Waals surface area contributed by atoms with Gasteiger partial charge >= 0.3 is 5.97 Å². The topological polar surface area (TPSA) is 26.3 Å². The lowest BCUT2D eigenvalue weighted by molar-refractivity contribution is -0.451. The third kappa shape index (κ3) is 1.39. The van der Waals surface area contributed by atoms with E-state index in [9.17, 15) is 4.79 Å². The highest BCUT2D eigenvalue weighted by atomic mass is 16.6. The van der Waals surface area contributed by atoms with Crippen molar-refractivity contribution in [2.24, 2.45) is 51.2 Å². The molecule has 0 aromatic rings. The molecule has 0 aromatic heterocycles. The lowest BCUT2D eigenvalue weighted by atomic mass is 9.12. The monoisotopic (exact) mass is 356 g/mol. The maximum absolute atomic E-state index is 13.1. The lowest BCUT2D eigenvalue weighted by Gasteiger charge is -2.92. The van der Waals surface area contributed by atoms with Gasteiger partial charge in [0.15, 0.2) is 0 Å². The Morgan fingerprint density at radius 2 is 1.73 bits per heavy atom. The van der Waals surface area contributed by atoms with Crippen LogP contribution in [0.3, 0.4) is 0 Å². The molecule has 9 saturated carbocycles. The average Bonchev–Trinajstić information content (AvgIpc) is 2.57. The quantitative estimate of drug-likeness (QED) is 0.613. The van der Waals surface area contributed by atoms with Crippen molar-refractivity contribution in [3.63, 3.8) is 0 Å². The molecular weight excluding hydrogens is 320 g/mol. The van der Waals surface area contributed by atoms with Crippen LogP contribution in [0.5, 0.6) is 0 Å². The first kappa shape index (κ1) is 16.4. The van der Waals surface area contributed by atoms with Gasteiger partial charge in [0.2, 0.25) is 0 Å². The van der Waals surface area contributed by atoms with Crippen molar-refractivity contribution in [3.8, 4) is 0 Å². The Morgan fingerprint density at radius 3 is 2.46 bits per heavy atom. The van der Waals surface area contributed by atoms with E-state index in [-0.39, 0.29) is 22.4 Å². The van der Waals surface area contributed by atoms with Crippen LogP contribution in [0.1, 0.15) is 86.0 Å². The molecule has 0 saturated heterocycles. The van der Waals surface area contributed by atoms with Crippen LogP contribution in [0.4, 0.5) is 0 Å². The molecule has 9 aliphatic rings. The molecule has 2 nitrogen and oxygen atoms in total. The zero-order valence-electron chi connectivity index (χ0n) is 17.4. The maximum atomic E-state index is 13.1. The number of hydrogen-bond donors (Lipinski definition) is 0. The van der Waals surface area contributed by atoms with Crippen LogP contribution >= 0.6 is 0 Å². The number of rotatable bonds is 4. The summed E-state index contributed by atoms with van der Waals surface area (Å²) in [6.45, 7) is 10.8. The van der Waals surface area contributed by atoms with Gasteiger partial charge in [-0.3, -0.25) is 4.79 Å². The average molecular weight is 357 g/mol. The highest BCUT2D eigenvalue weighted by Crippen LogP contribution is 2.94. The first-order valence-corrected chi connectivity index (χ1v) is 11.4. The summed E-state index contributed by atoms with van der Waals surface area (Å²) >= 11 is 0. The summed E-state index contributed by atoms with van der Waals surface area (Å²) in [5, 5.41) is 0. The normalized spacial score (nSPS) is 55.2. The minimum atomic E-state index is -0.366. The molecule has 26 heavy (non-hydrogen) atoms. The van der Waals surface area contributed by atoms with Gasteiger partial charge in [-0.2, -0.15) is 0 Å². The molecule has 0 N–H and O–H groups in total. The zero-order valence-corrected chi connectivity index (χ0v) is 17.4. The van der Waals surface area contributed by atoms with E-state index in [1.54, 1.807) is 6.42 Å². The Kier molecular flexibility index (Phi) is 2.67. The van der Waals surface area contributed by atoms with Crippen LogP contribution < -0.4 is 0 Å². The molecule has 8 atom stereocenters. The van der Waals surface area contributed by atoms with Gasteiger partial charge < -0.3 is 4.74 Å². The Bertz CT molecular complexity index is 697. The Labute approximate surface area is 158 Å². The van der Waals surface area contributed by atoms with Gasteiger partial charge in [0.1, 0.15) is 5.60 Å². The van der Waals surface area contributed by atoms with Crippen LogP contribution in [0.15, 0.2) is 0 Å². The molecule has 0 aromatic carbocycles. The number of hydrogen-bond acceptors (Lipinski definition) is 2. The highest BCUT2D eigenvalue weighted by Gasteiger charge is 2.89. The molecule has 2 heteroatoms. The standard InChI is InChI=1S/C24H36O2/c1-6-20(2,3)19(25)26-21(4,5)24-12-14-7-16-17(24)8-15-10-22(16)13-23(24,11-15)18(22)9-14/h14-18H,6-13H2,1-5H3. The van der Waals surface area contributed by atoms with Crippen LogP contribution in [-0.2, 0) is 9.53 Å². The number of carbonyl (C=O) groups excluding carboxylic acids is 1. The second-order valence-corrected chi connectivity index (χ2v) is 12.5. The SMILES string of the molecule is CCC(C)(C)C(=O)OC(C)(C)C12CC3CC4C1CC1CC45CC2(C1)C5C3. The molecule has 0 aliphatic heterocycles. The summed E-state index contributed by atoms with van der Waals surface area (Å²) in [6, 6.07) is 0. The fourth-order valence-electron chi connectivity index (χ4n) is 10.5. The van der Waals surface area contributed by atoms with Gasteiger partial charge in [0, 0.05) is 5.41 Å². The number of ether oxygens (including phenoxy) is 1. The molecule has 144 valence electrons. The minimum Gasteiger partial charge on any atom is -0.459 e. The minimum absolute atomic E-state index is 0.0365. The van der Waals surface area contributed by atoms with Gasteiger partial charge in [-0.25, -0.2) is 0 Å². The van der Waals surface area contributed by atoms with E-state index in [0.29, 0.717) is 5.41 Å². The molecular formula is C24H36O2. The largest absolute Gasteiger partial charge is 0.459 e. The Hall–Kier alpha value is -0.530. The molecule has 0 amide bonds. The molecule has 2 spiro atoms. The van der Waals surface area contributed by atoms with Crippen molar-refractivity contribution in [1.82, 2.24) is 0 Å². The summed E-state index contributed by atoms with van der Waals surface area (Å²) < 4.78 is 6.51. The molecule has 8 unspecified atom stereocenters. The van der Waals surface area contributed by atoms with Gasteiger partial charge in [0.05, 0.1) is 5.41 Å². The van der Waals surface area contributed by atoms with Gasteiger partial charge in [-0.1, -0.05) is 6.92 Å². The first-order chi connectivity index (χ1) is 12.1. The van der Waals surface area contributed by atoms with Crippen LogP contribution in [0.2, 0.25) is 0 Å². The summed E-state index contributed by atoms with van der Waals surface area (Å²) in [7, 11) is 0. The van der Waals surface area contributed by atoms with E-state index in [1.165, 1.54) is 38.5 Å². The molecule has 0 radical (unpaired) electrons. The van der Waals surface area contributed by atoms with Crippen LogP contribution in [0, 0.1) is 51.2 Å². The van der Waals surface area contributed by atoms with Gasteiger partial charge in [-0.05, 0) is 119 Å². The van der Waals surface area contributed by atoms with E-state index in [4.69, 9.17) is 4.74 Å². The Balaban J connectivity index is 1.45. The third-order valence-corrected chi connectivity index (χ3v) is 11.3. The van der Waals surface area contributed by atoms with Crippen LogP contribution in [-0.4, -0.2) is 11.6 Å². The van der Waals surface area contributed by atoms with Crippen LogP contribution in [0.25, 0.3) is 0 Å². The summed E-state index contributed by atoms with van der Waals surface area (Å²) in [5.41, 5.74) is 0.844. The number of carbonyl (C=O) groups is 1. The van der Waals surface area contributed by atoms with E-state index < -0.39 is 0 Å². The summed E-state index contributed by atoms with van der Waals surface area (Å²) in [4.78, 5) is 13.1. The molecule has 9 rings (SSSR count). The highest BCUT2D eigenvalue weighted by molar-refractivity contribution is 5.76. The third-order valence-electron chi connectivity index (χ3n) is 11.3. The lowest BCUT2D eigenvalue weighted by Crippen LogP contribution is -2.87. The maximum Gasteiger partial charge on any atom is 0.312 e. The van der Waals surface area contributed by atoms with E-state index in [0.717, 1.165) is 41.4 Å². The van der Waals surface area contributed by atoms with Gasteiger partial charge in [0.25, 0.3) is 0 Å². The fraction of sp³-hybridized carbons (Fsp3) is 0.958. The summed E-state index contributed by atoms with van der Waals surface area (Å²) in [5.74, 6) is 4.70. The zero-order chi connectivity index (χ0) is 18.3. The van der Waals surface area contributed by atoms with Crippen molar-refractivity contribution < 1.29 is 9.53 Å². The molecule has 8 bridgehead atoms.